The molecule has 1 nitrogen and oxygen atoms in total. The van der Waals surface area contributed by atoms with Gasteiger partial charge in [-0.1, -0.05) is 0 Å². The summed E-state index contributed by atoms with van der Waals surface area (Å²) in [6.07, 6.45) is 7.77. The molecule has 1 rings (SSSR count). The van der Waals surface area contributed by atoms with Gasteiger partial charge in [-0.25, -0.2) is 0 Å². The quantitative estimate of drug-likeness (QED) is 0.346. The van der Waals surface area contributed by atoms with Crippen LogP contribution in [0.5, 0.6) is 5.75 Å². The first-order valence-electron chi connectivity index (χ1n) is 10.3. The Balaban J connectivity index is 3.43. The molecule has 1 aromatic rings. The third-order valence-corrected chi connectivity index (χ3v) is 19.0. The summed E-state index contributed by atoms with van der Waals surface area (Å²) in [4.78, 5) is 0. The minimum absolute atomic E-state index is 0.127. The summed E-state index contributed by atoms with van der Waals surface area (Å²) < 4.78 is 7.21. The molecule has 0 radical (unpaired) electrons. The van der Waals surface area contributed by atoms with E-state index in [1.807, 2.05) is 4.41 Å². The molecule has 0 atom stereocenters. The second-order valence-electron chi connectivity index (χ2n) is 7.91. The van der Waals surface area contributed by atoms with Gasteiger partial charge in [-0.2, -0.15) is 0 Å². The Bertz CT molecular complexity index is 511. The Kier molecular flexibility index (Phi) is 9.34. The van der Waals surface area contributed by atoms with E-state index in [4.69, 9.17) is 4.74 Å². The van der Waals surface area contributed by atoms with Crippen LogP contribution in [-0.2, 0) is 5.41 Å². The van der Waals surface area contributed by atoms with E-state index in [0.29, 0.717) is 0 Å². The van der Waals surface area contributed by atoms with Crippen molar-refractivity contribution in [3.8, 4) is 5.75 Å². The van der Waals surface area contributed by atoms with Crippen LogP contribution < -0.4 is 4.74 Å². The Labute approximate surface area is 159 Å². The zero-order valence-electron chi connectivity index (χ0n) is 17.7. The standard InChI is InChI=1S/C23H40GeO/c1-8-12-22(24(17-9-2,18-10-3)19-11-4)23(5,6)20-13-15-21(25-7)16-14-20/h12-16H,8-11,17-19H2,1-7H3. The van der Waals surface area contributed by atoms with Crippen molar-refractivity contribution in [3.63, 3.8) is 0 Å². The van der Waals surface area contributed by atoms with Crippen LogP contribution in [0.15, 0.2) is 34.7 Å². The average molecular weight is 405 g/mol. The van der Waals surface area contributed by atoms with Gasteiger partial charge in [0.25, 0.3) is 0 Å². The van der Waals surface area contributed by atoms with Crippen molar-refractivity contribution in [1.29, 1.82) is 0 Å². The van der Waals surface area contributed by atoms with E-state index >= 15 is 0 Å². The SMILES string of the molecule is CCC=[C](C(C)(C)c1ccc(OC)cc1)[Ge]([CH2]CC)([CH2]CC)[CH2]CC. The summed E-state index contributed by atoms with van der Waals surface area (Å²) in [5.41, 5.74) is 1.56. The fraction of sp³-hybridized carbons (Fsp3) is 0.652. The van der Waals surface area contributed by atoms with Crippen LogP contribution in [0.4, 0.5) is 0 Å². The molecule has 0 N–H and O–H groups in total. The van der Waals surface area contributed by atoms with Crippen molar-refractivity contribution in [2.45, 2.75) is 88.4 Å². The van der Waals surface area contributed by atoms with Gasteiger partial charge in [0.2, 0.25) is 0 Å². The number of rotatable bonds is 11. The normalized spacial score (nSPS) is 13.2. The van der Waals surface area contributed by atoms with Crippen molar-refractivity contribution in [2.24, 2.45) is 0 Å². The Morgan fingerprint density at radius 2 is 1.40 bits per heavy atom. The van der Waals surface area contributed by atoms with Gasteiger partial charge in [0, 0.05) is 0 Å². The Morgan fingerprint density at radius 1 is 0.920 bits per heavy atom. The van der Waals surface area contributed by atoms with Crippen molar-refractivity contribution < 1.29 is 4.74 Å². The molecule has 142 valence electrons. The molecule has 0 bridgehead atoms. The van der Waals surface area contributed by atoms with E-state index in [-0.39, 0.29) is 5.41 Å². The van der Waals surface area contributed by atoms with Gasteiger partial charge in [-0.15, -0.1) is 0 Å². The number of hydrogen-bond donors (Lipinski definition) is 0. The van der Waals surface area contributed by atoms with Gasteiger partial charge in [0.05, 0.1) is 0 Å². The third-order valence-electron chi connectivity index (χ3n) is 5.65. The van der Waals surface area contributed by atoms with Crippen LogP contribution in [0, 0.1) is 0 Å². The number of ether oxygens (including phenoxy) is 1. The van der Waals surface area contributed by atoms with Crippen LogP contribution in [0.1, 0.15) is 72.8 Å². The van der Waals surface area contributed by atoms with Crippen LogP contribution in [0.25, 0.3) is 0 Å². The first-order chi connectivity index (χ1) is 11.9. The summed E-state index contributed by atoms with van der Waals surface area (Å²) in [5, 5.41) is 4.44. The summed E-state index contributed by atoms with van der Waals surface area (Å²) >= 11 is -2.08. The van der Waals surface area contributed by atoms with Crippen LogP contribution in [0.2, 0.25) is 15.8 Å². The van der Waals surface area contributed by atoms with Crippen LogP contribution in [-0.4, -0.2) is 20.4 Å². The first kappa shape index (κ1) is 22.3. The molecule has 0 fully saturated rings. The third kappa shape index (κ3) is 5.39. The van der Waals surface area contributed by atoms with Crippen molar-refractivity contribution >= 4 is 13.3 Å². The van der Waals surface area contributed by atoms with Crippen molar-refractivity contribution in [3.05, 3.63) is 40.3 Å². The second kappa shape index (κ2) is 10.5. The molecule has 0 aliphatic heterocycles. The van der Waals surface area contributed by atoms with E-state index in [1.165, 1.54) is 40.6 Å². The minimum atomic E-state index is -2.08. The molecule has 0 saturated heterocycles. The van der Waals surface area contributed by atoms with Crippen molar-refractivity contribution in [2.75, 3.05) is 7.11 Å². The molecule has 0 aromatic heterocycles. The number of benzene rings is 1. The Hall–Kier alpha value is -0.697. The summed E-state index contributed by atoms with van der Waals surface area (Å²) in [6, 6.07) is 8.79. The van der Waals surface area contributed by atoms with Crippen molar-refractivity contribution in [1.82, 2.24) is 0 Å². The summed E-state index contributed by atoms with van der Waals surface area (Å²) in [5.74, 6) is 0.948. The molecule has 0 saturated carbocycles. The molecule has 0 amide bonds. The molecule has 0 aliphatic carbocycles. The molecular weight excluding hydrogens is 365 g/mol. The van der Waals surface area contributed by atoms with Gasteiger partial charge in [0.15, 0.2) is 0 Å². The molecule has 0 spiro atoms. The predicted molar refractivity (Wildman–Crippen MR) is 115 cm³/mol. The number of methoxy groups -OCH3 is 1. The maximum absolute atomic E-state index is 5.37. The average Bonchev–Trinajstić information content (AvgIpc) is 2.60. The molecular formula is C23H40GeO. The molecule has 0 aliphatic rings. The van der Waals surface area contributed by atoms with Crippen LogP contribution >= 0.6 is 0 Å². The monoisotopic (exact) mass is 406 g/mol. The van der Waals surface area contributed by atoms with Crippen LogP contribution in [0.3, 0.4) is 0 Å². The molecule has 25 heavy (non-hydrogen) atoms. The summed E-state index contributed by atoms with van der Waals surface area (Å²) in [7, 11) is 1.74. The number of hydrogen-bond acceptors (Lipinski definition) is 1. The van der Waals surface area contributed by atoms with E-state index in [2.05, 4.69) is 71.9 Å². The predicted octanol–water partition coefficient (Wildman–Crippen LogP) is 7.53. The van der Waals surface area contributed by atoms with Gasteiger partial charge < -0.3 is 0 Å². The van der Waals surface area contributed by atoms with E-state index in [1.54, 1.807) is 7.11 Å². The van der Waals surface area contributed by atoms with E-state index in [9.17, 15) is 0 Å². The van der Waals surface area contributed by atoms with Gasteiger partial charge in [-0.05, 0) is 0 Å². The number of allylic oxidation sites excluding steroid dienone is 2. The fourth-order valence-electron chi connectivity index (χ4n) is 4.72. The second-order valence-corrected chi connectivity index (χ2v) is 17.6. The zero-order chi connectivity index (χ0) is 18.9. The molecule has 2 heteroatoms. The van der Waals surface area contributed by atoms with E-state index in [0.717, 1.165) is 12.2 Å². The molecule has 0 unspecified atom stereocenters. The molecule has 0 heterocycles. The first-order valence-corrected chi connectivity index (χ1v) is 15.8. The fourth-order valence-corrected chi connectivity index (χ4v) is 18.4. The maximum atomic E-state index is 5.37. The topological polar surface area (TPSA) is 9.23 Å². The molecule has 1 aromatic carbocycles. The Morgan fingerprint density at radius 3 is 1.76 bits per heavy atom. The van der Waals surface area contributed by atoms with Gasteiger partial charge in [0.1, 0.15) is 0 Å². The summed E-state index contributed by atoms with van der Waals surface area (Å²) in [6.45, 7) is 14.4. The van der Waals surface area contributed by atoms with Gasteiger partial charge in [-0.3, -0.25) is 0 Å². The van der Waals surface area contributed by atoms with Gasteiger partial charge >= 0.3 is 160 Å². The van der Waals surface area contributed by atoms with E-state index < -0.39 is 13.3 Å². The zero-order valence-corrected chi connectivity index (χ0v) is 19.8.